The Morgan fingerprint density at radius 2 is 1.68 bits per heavy atom. The summed E-state index contributed by atoms with van der Waals surface area (Å²) >= 11 is 0. The highest BCUT2D eigenvalue weighted by Crippen LogP contribution is 2.16. The van der Waals surface area contributed by atoms with Gasteiger partial charge < -0.3 is 15.0 Å². The topological polar surface area (TPSA) is 58.6 Å². The van der Waals surface area contributed by atoms with Crippen LogP contribution in [0, 0.1) is 5.82 Å². The Morgan fingerprint density at radius 1 is 1.07 bits per heavy atom. The number of nitrogens with one attached hydrogen (secondary N) is 1. The van der Waals surface area contributed by atoms with Gasteiger partial charge in [-0.15, -0.1) is 0 Å². The van der Waals surface area contributed by atoms with Gasteiger partial charge in [-0.1, -0.05) is 31.2 Å². The molecule has 0 radical (unpaired) electrons. The number of benzene rings is 2. The van der Waals surface area contributed by atoms with E-state index >= 15 is 0 Å². The van der Waals surface area contributed by atoms with Crippen LogP contribution in [0.4, 0.5) is 4.39 Å². The molecule has 0 fully saturated rings. The summed E-state index contributed by atoms with van der Waals surface area (Å²) < 4.78 is 18.3. The number of amides is 2. The van der Waals surface area contributed by atoms with E-state index in [2.05, 4.69) is 5.32 Å². The highest BCUT2D eigenvalue weighted by Gasteiger charge is 2.26. The molecule has 0 aliphatic carbocycles. The summed E-state index contributed by atoms with van der Waals surface area (Å²) in [6, 6.07) is 12.6. The maximum Gasteiger partial charge on any atom is 0.242 e. The van der Waals surface area contributed by atoms with Crippen molar-refractivity contribution in [3.63, 3.8) is 0 Å². The van der Waals surface area contributed by atoms with Gasteiger partial charge in [0.05, 0.1) is 13.5 Å². The van der Waals surface area contributed by atoms with Crippen molar-refractivity contribution in [2.75, 3.05) is 13.7 Å². The molecule has 1 unspecified atom stereocenters. The van der Waals surface area contributed by atoms with Crippen LogP contribution in [-0.2, 0) is 22.6 Å². The summed E-state index contributed by atoms with van der Waals surface area (Å²) in [5.74, 6) is -0.00957. The molecular formula is C22H27FN2O3. The molecule has 150 valence electrons. The molecule has 2 aromatic rings. The summed E-state index contributed by atoms with van der Waals surface area (Å²) in [6.45, 7) is 4.55. The molecule has 6 heteroatoms. The summed E-state index contributed by atoms with van der Waals surface area (Å²) in [6.07, 6.45) is 0.919. The molecule has 0 spiro atoms. The number of nitrogens with zero attached hydrogens (tertiary/aromatic N) is 1. The fourth-order valence-corrected chi connectivity index (χ4v) is 2.78. The van der Waals surface area contributed by atoms with Crippen molar-refractivity contribution in [1.29, 1.82) is 0 Å². The summed E-state index contributed by atoms with van der Waals surface area (Å²) in [4.78, 5) is 27.0. The third-order valence-electron chi connectivity index (χ3n) is 4.50. The van der Waals surface area contributed by atoms with Gasteiger partial charge in [0.15, 0.2) is 0 Å². The van der Waals surface area contributed by atoms with E-state index in [1.165, 1.54) is 12.1 Å². The van der Waals surface area contributed by atoms with Gasteiger partial charge in [-0.3, -0.25) is 9.59 Å². The van der Waals surface area contributed by atoms with Crippen molar-refractivity contribution in [1.82, 2.24) is 10.2 Å². The second-order valence-electron chi connectivity index (χ2n) is 6.64. The van der Waals surface area contributed by atoms with Crippen LogP contribution in [0.15, 0.2) is 48.5 Å². The number of hydrogen-bond donors (Lipinski definition) is 1. The molecule has 0 aromatic heterocycles. The largest absolute Gasteiger partial charge is 0.497 e. The van der Waals surface area contributed by atoms with E-state index < -0.39 is 6.04 Å². The van der Waals surface area contributed by atoms with E-state index in [-0.39, 0.29) is 24.1 Å². The van der Waals surface area contributed by atoms with Gasteiger partial charge in [-0.25, -0.2) is 4.39 Å². The van der Waals surface area contributed by atoms with Crippen molar-refractivity contribution in [2.24, 2.45) is 0 Å². The minimum absolute atomic E-state index is 0.0990. The molecule has 2 amide bonds. The Bertz CT molecular complexity index is 775. The minimum Gasteiger partial charge on any atom is -0.497 e. The molecule has 0 saturated carbocycles. The standard InChI is InChI=1S/C22H27FN2O3/c1-4-13-24-22(27)16(2)25(15-18-7-11-20(28-3)12-8-18)21(26)14-17-5-9-19(23)10-6-17/h5-12,16H,4,13-15H2,1-3H3,(H,24,27). The molecule has 0 bridgehead atoms. The molecule has 0 aliphatic heterocycles. The second kappa shape index (κ2) is 10.4. The molecular weight excluding hydrogens is 359 g/mol. The summed E-state index contributed by atoms with van der Waals surface area (Å²) in [5, 5.41) is 2.84. The van der Waals surface area contributed by atoms with Crippen molar-refractivity contribution in [2.45, 2.75) is 39.3 Å². The van der Waals surface area contributed by atoms with Crippen LogP contribution in [0.1, 0.15) is 31.4 Å². The normalized spacial score (nSPS) is 11.6. The lowest BCUT2D eigenvalue weighted by Gasteiger charge is -2.29. The smallest absolute Gasteiger partial charge is 0.242 e. The van der Waals surface area contributed by atoms with E-state index in [1.54, 1.807) is 31.1 Å². The quantitative estimate of drug-likeness (QED) is 0.719. The van der Waals surface area contributed by atoms with E-state index in [4.69, 9.17) is 4.74 Å². The first-order valence-electron chi connectivity index (χ1n) is 9.39. The Balaban J connectivity index is 2.18. The van der Waals surface area contributed by atoms with Crippen LogP contribution in [0.25, 0.3) is 0 Å². The van der Waals surface area contributed by atoms with E-state index in [1.807, 2.05) is 31.2 Å². The first-order valence-corrected chi connectivity index (χ1v) is 9.39. The fraction of sp³-hybridized carbons (Fsp3) is 0.364. The van der Waals surface area contributed by atoms with Gasteiger partial charge in [0.1, 0.15) is 17.6 Å². The van der Waals surface area contributed by atoms with Gasteiger partial charge in [0.2, 0.25) is 11.8 Å². The molecule has 2 rings (SSSR count). The summed E-state index contributed by atoms with van der Waals surface area (Å²) in [5.41, 5.74) is 1.59. The number of carbonyl (C=O) groups excluding carboxylic acids is 2. The van der Waals surface area contributed by atoms with Crippen molar-refractivity contribution in [3.05, 3.63) is 65.5 Å². The number of hydrogen-bond acceptors (Lipinski definition) is 3. The van der Waals surface area contributed by atoms with Gasteiger partial charge >= 0.3 is 0 Å². The first kappa shape index (κ1) is 21.4. The van der Waals surface area contributed by atoms with Gasteiger partial charge in [0.25, 0.3) is 0 Å². The van der Waals surface area contributed by atoms with Crippen LogP contribution in [0.5, 0.6) is 5.75 Å². The number of carbonyl (C=O) groups is 2. The molecule has 5 nitrogen and oxygen atoms in total. The SMILES string of the molecule is CCCNC(=O)C(C)N(Cc1ccc(OC)cc1)C(=O)Cc1ccc(F)cc1. The number of methoxy groups -OCH3 is 1. The molecule has 1 atom stereocenters. The lowest BCUT2D eigenvalue weighted by atomic mass is 10.1. The van der Waals surface area contributed by atoms with Crippen LogP contribution < -0.4 is 10.1 Å². The fourth-order valence-electron chi connectivity index (χ4n) is 2.78. The van der Waals surface area contributed by atoms with Crippen LogP contribution >= 0.6 is 0 Å². The van der Waals surface area contributed by atoms with E-state index in [0.717, 1.165) is 17.7 Å². The minimum atomic E-state index is -0.624. The van der Waals surface area contributed by atoms with Crippen molar-refractivity contribution < 1.29 is 18.7 Å². The van der Waals surface area contributed by atoms with E-state index in [9.17, 15) is 14.0 Å². The number of halogens is 1. The van der Waals surface area contributed by atoms with Crippen molar-refractivity contribution in [3.8, 4) is 5.75 Å². The number of rotatable bonds is 9. The molecule has 0 aliphatic rings. The predicted octanol–water partition coefficient (Wildman–Crippen LogP) is 3.32. The Labute approximate surface area is 165 Å². The third-order valence-corrected chi connectivity index (χ3v) is 4.50. The van der Waals surface area contributed by atoms with Crippen LogP contribution in [0.3, 0.4) is 0 Å². The Kier molecular flexibility index (Phi) is 7.99. The summed E-state index contributed by atoms with van der Waals surface area (Å²) in [7, 11) is 1.59. The van der Waals surface area contributed by atoms with Crippen molar-refractivity contribution >= 4 is 11.8 Å². The zero-order chi connectivity index (χ0) is 20.5. The highest BCUT2D eigenvalue weighted by atomic mass is 19.1. The van der Waals surface area contributed by atoms with Gasteiger partial charge in [-0.05, 0) is 48.7 Å². The van der Waals surface area contributed by atoms with Gasteiger partial charge in [-0.2, -0.15) is 0 Å². The maximum atomic E-state index is 13.1. The predicted molar refractivity (Wildman–Crippen MR) is 106 cm³/mol. The molecule has 0 heterocycles. The molecule has 2 aromatic carbocycles. The first-order chi connectivity index (χ1) is 13.4. The molecule has 28 heavy (non-hydrogen) atoms. The second-order valence-corrected chi connectivity index (χ2v) is 6.64. The highest BCUT2D eigenvalue weighted by molar-refractivity contribution is 5.88. The molecule has 0 saturated heterocycles. The van der Waals surface area contributed by atoms with Crippen LogP contribution in [0.2, 0.25) is 0 Å². The average Bonchev–Trinajstić information content (AvgIpc) is 2.71. The van der Waals surface area contributed by atoms with Crippen LogP contribution in [-0.4, -0.2) is 36.4 Å². The zero-order valence-corrected chi connectivity index (χ0v) is 16.6. The Hall–Kier alpha value is -2.89. The molecule has 1 N–H and O–H groups in total. The lowest BCUT2D eigenvalue weighted by Crippen LogP contribution is -2.48. The van der Waals surface area contributed by atoms with E-state index in [0.29, 0.717) is 18.7 Å². The number of ether oxygens (including phenoxy) is 1. The maximum absolute atomic E-state index is 13.1. The average molecular weight is 386 g/mol. The third kappa shape index (κ3) is 6.08. The van der Waals surface area contributed by atoms with Gasteiger partial charge in [0, 0.05) is 13.1 Å². The lowest BCUT2D eigenvalue weighted by molar-refractivity contribution is -0.140. The zero-order valence-electron chi connectivity index (χ0n) is 16.6. The monoisotopic (exact) mass is 386 g/mol. The Morgan fingerprint density at radius 3 is 2.25 bits per heavy atom.